The molecule has 0 spiro atoms. The Morgan fingerprint density at radius 2 is 1.80 bits per heavy atom. The molecule has 0 aromatic heterocycles. The van der Waals surface area contributed by atoms with Crippen LogP contribution in [-0.2, 0) is 0 Å². The summed E-state index contributed by atoms with van der Waals surface area (Å²) in [6.45, 7) is -0.570. The van der Waals surface area contributed by atoms with Gasteiger partial charge in [0.15, 0.2) is 0 Å². The monoisotopic (exact) mass is 151 g/mol. The van der Waals surface area contributed by atoms with Gasteiger partial charge in [-0.05, 0) is 7.05 Å². The van der Waals surface area contributed by atoms with E-state index in [1.807, 2.05) is 0 Å². The fourth-order valence-electron chi connectivity index (χ4n) is 0.489. The quantitative estimate of drug-likeness (QED) is 0.281. The Hall–Kier alpha value is -0.200. The molecule has 3 unspecified atom stereocenters. The minimum absolute atomic E-state index is 0.570. The first-order valence-electron chi connectivity index (χ1n) is 2.95. The van der Waals surface area contributed by atoms with E-state index in [1.165, 1.54) is 7.05 Å². The lowest BCUT2D eigenvalue weighted by atomic mass is 10.2. The van der Waals surface area contributed by atoms with Crippen molar-refractivity contribution in [2.24, 2.45) is 0 Å². The maximum absolute atomic E-state index is 8.86. The lowest BCUT2D eigenvalue weighted by Crippen LogP contribution is -2.46. The fourth-order valence-corrected chi connectivity index (χ4v) is 0.489. The summed E-state index contributed by atoms with van der Waals surface area (Å²) in [5.74, 6) is 0. The zero-order valence-corrected chi connectivity index (χ0v) is 5.73. The van der Waals surface area contributed by atoms with Gasteiger partial charge in [0, 0.05) is 0 Å². The highest BCUT2D eigenvalue weighted by Crippen LogP contribution is 1.95. The van der Waals surface area contributed by atoms with Gasteiger partial charge in [0.05, 0.1) is 6.61 Å². The average Bonchev–Trinajstić information content (AvgIpc) is 2.00. The van der Waals surface area contributed by atoms with Gasteiger partial charge in [0.2, 0.25) is 0 Å². The van der Waals surface area contributed by atoms with E-state index in [2.05, 4.69) is 5.32 Å². The van der Waals surface area contributed by atoms with Crippen molar-refractivity contribution in [1.29, 1.82) is 0 Å². The van der Waals surface area contributed by atoms with E-state index in [4.69, 9.17) is 20.4 Å². The molecule has 0 heterocycles. The van der Waals surface area contributed by atoms with Crippen molar-refractivity contribution in [3.05, 3.63) is 0 Å². The molecular formula is C5H13NO4. The minimum Gasteiger partial charge on any atom is -0.394 e. The Labute approximate surface area is 58.9 Å². The standard InChI is InChI=1S/C5H13NO4/c1-6-5(10)4(9)3(8)2-7/h3-10H,2H2,1H3. The van der Waals surface area contributed by atoms with Crippen LogP contribution in [0.5, 0.6) is 0 Å². The van der Waals surface area contributed by atoms with Crippen molar-refractivity contribution in [3.63, 3.8) is 0 Å². The van der Waals surface area contributed by atoms with Crippen LogP contribution in [0.4, 0.5) is 0 Å². The number of hydrogen-bond donors (Lipinski definition) is 5. The molecule has 0 aliphatic heterocycles. The molecule has 5 N–H and O–H groups in total. The molecule has 0 aliphatic rings. The van der Waals surface area contributed by atoms with Gasteiger partial charge in [0.25, 0.3) is 0 Å². The van der Waals surface area contributed by atoms with Gasteiger partial charge in [-0.3, -0.25) is 5.32 Å². The highest BCUT2D eigenvalue weighted by Gasteiger charge is 2.21. The number of likely N-dealkylation sites (N-methyl/N-ethyl adjacent to an activating group) is 1. The Kier molecular flexibility index (Phi) is 4.50. The molecule has 0 bridgehead atoms. The second-order valence-electron chi connectivity index (χ2n) is 1.97. The normalized spacial score (nSPS) is 20.1. The lowest BCUT2D eigenvalue weighted by molar-refractivity contribution is -0.0844. The van der Waals surface area contributed by atoms with Crippen LogP contribution in [0.3, 0.4) is 0 Å². The predicted molar refractivity (Wildman–Crippen MR) is 34.2 cm³/mol. The summed E-state index contributed by atoms with van der Waals surface area (Å²) in [5.41, 5.74) is 0. The average molecular weight is 151 g/mol. The first-order valence-corrected chi connectivity index (χ1v) is 2.95. The highest BCUT2D eigenvalue weighted by molar-refractivity contribution is 4.71. The highest BCUT2D eigenvalue weighted by atomic mass is 16.4. The van der Waals surface area contributed by atoms with E-state index in [0.29, 0.717) is 0 Å². The molecule has 0 saturated heterocycles. The summed E-state index contributed by atoms with van der Waals surface area (Å²) in [6, 6.07) is 0. The summed E-state index contributed by atoms with van der Waals surface area (Å²) >= 11 is 0. The summed E-state index contributed by atoms with van der Waals surface area (Å²) < 4.78 is 0. The largest absolute Gasteiger partial charge is 0.394 e. The molecule has 0 amide bonds. The number of aliphatic hydroxyl groups is 4. The molecule has 62 valence electrons. The summed E-state index contributed by atoms with van der Waals surface area (Å²) in [5, 5.41) is 37.0. The van der Waals surface area contributed by atoms with Crippen LogP contribution in [0, 0.1) is 0 Å². The Morgan fingerprint density at radius 1 is 1.30 bits per heavy atom. The molecule has 0 rings (SSSR count). The lowest BCUT2D eigenvalue weighted by Gasteiger charge is -2.20. The van der Waals surface area contributed by atoms with Gasteiger partial charge in [0.1, 0.15) is 18.4 Å². The van der Waals surface area contributed by atoms with Crippen LogP contribution >= 0.6 is 0 Å². The van der Waals surface area contributed by atoms with Crippen LogP contribution in [-0.4, -0.2) is 52.5 Å². The number of hydrogen-bond acceptors (Lipinski definition) is 5. The smallest absolute Gasteiger partial charge is 0.133 e. The first-order chi connectivity index (χ1) is 4.63. The second-order valence-corrected chi connectivity index (χ2v) is 1.97. The molecule has 0 aliphatic carbocycles. The van der Waals surface area contributed by atoms with Crippen molar-refractivity contribution >= 4 is 0 Å². The molecule has 10 heavy (non-hydrogen) atoms. The van der Waals surface area contributed by atoms with E-state index in [9.17, 15) is 0 Å². The molecule has 0 aromatic carbocycles. The summed E-state index contributed by atoms with van der Waals surface area (Å²) in [4.78, 5) is 0. The number of nitrogens with one attached hydrogen (secondary N) is 1. The topological polar surface area (TPSA) is 93.0 Å². The van der Waals surface area contributed by atoms with Crippen LogP contribution in [0.2, 0.25) is 0 Å². The Bertz CT molecular complexity index is 79.7. The summed E-state index contributed by atoms with van der Waals surface area (Å²) in [7, 11) is 1.43. The molecule has 5 heteroatoms. The van der Waals surface area contributed by atoms with Crippen LogP contribution in [0.1, 0.15) is 0 Å². The van der Waals surface area contributed by atoms with Gasteiger partial charge in [-0.1, -0.05) is 0 Å². The predicted octanol–water partition coefficient (Wildman–Crippen LogP) is -2.76. The molecule has 5 nitrogen and oxygen atoms in total. The Morgan fingerprint density at radius 3 is 2.10 bits per heavy atom. The van der Waals surface area contributed by atoms with Gasteiger partial charge >= 0.3 is 0 Å². The van der Waals surface area contributed by atoms with Crippen molar-refractivity contribution < 1.29 is 20.4 Å². The Balaban J connectivity index is 3.69. The van der Waals surface area contributed by atoms with E-state index in [1.54, 1.807) is 0 Å². The maximum atomic E-state index is 8.86. The third-order valence-corrected chi connectivity index (χ3v) is 1.20. The van der Waals surface area contributed by atoms with Crippen molar-refractivity contribution in [1.82, 2.24) is 5.32 Å². The number of rotatable bonds is 4. The zero-order valence-electron chi connectivity index (χ0n) is 5.73. The third-order valence-electron chi connectivity index (χ3n) is 1.20. The molecule has 0 radical (unpaired) electrons. The van der Waals surface area contributed by atoms with Crippen molar-refractivity contribution in [2.45, 2.75) is 18.4 Å². The SMILES string of the molecule is CNC(O)C(O)C(O)CO. The van der Waals surface area contributed by atoms with Crippen LogP contribution < -0.4 is 5.32 Å². The maximum Gasteiger partial charge on any atom is 0.133 e. The van der Waals surface area contributed by atoms with Crippen LogP contribution in [0.25, 0.3) is 0 Å². The molecule has 0 saturated carbocycles. The zero-order chi connectivity index (χ0) is 8.15. The fraction of sp³-hybridized carbons (Fsp3) is 1.00. The van der Waals surface area contributed by atoms with Gasteiger partial charge < -0.3 is 20.4 Å². The summed E-state index contributed by atoms with van der Waals surface area (Å²) in [6.07, 6.45) is -3.86. The molecule has 3 atom stereocenters. The van der Waals surface area contributed by atoms with Crippen molar-refractivity contribution in [2.75, 3.05) is 13.7 Å². The minimum atomic E-state index is -1.35. The van der Waals surface area contributed by atoms with E-state index in [0.717, 1.165) is 0 Å². The number of aliphatic hydroxyl groups excluding tert-OH is 4. The van der Waals surface area contributed by atoms with Crippen molar-refractivity contribution in [3.8, 4) is 0 Å². The van der Waals surface area contributed by atoms with E-state index in [-0.39, 0.29) is 0 Å². The van der Waals surface area contributed by atoms with Crippen LogP contribution in [0.15, 0.2) is 0 Å². The van der Waals surface area contributed by atoms with E-state index < -0.39 is 25.0 Å². The van der Waals surface area contributed by atoms with Gasteiger partial charge in [-0.15, -0.1) is 0 Å². The molecule has 0 aromatic rings. The molecule has 0 fully saturated rings. The first kappa shape index (κ1) is 9.80. The van der Waals surface area contributed by atoms with Gasteiger partial charge in [-0.25, -0.2) is 0 Å². The second kappa shape index (κ2) is 4.59. The molecular weight excluding hydrogens is 138 g/mol. The third kappa shape index (κ3) is 2.59. The van der Waals surface area contributed by atoms with Gasteiger partial charge in [-0.2, -0.15) is 0 Å². The van der Waals surface area contributed by atoms with E-state index >= 15 is 0 Å².